The van der Waals surface area contributed by atoms with E-state index >= 15 is 4.39 Å². The molecule has 0 saturated heterocycles. The second-order valence-electron chi connectivity index (χ2n) is 10.3. The molecule has 2 aliphatic rings. The van der Waals surface area contributed by atoms with Crippen molar-refractivity contribution in [2.75, 3.05) is 11.9 Å². The average Bonchev–Trinajstić information content (AvgIpc) is 3.36. The van der Waals surface area contributed by atoms with Gasteiger partial charge in [0, 0.05) is 30.3 Å². The molecule has 2 aromatic heterocycles. The number of nitrogens with one attached hydrogen (secondary N) is 1. The molecular weight excluding hydrogens is 561 g/mol. The van der Waals surface area contributed by atoms with Crippen LogP contribution in [0.3, 0.4) is 0 Å². The Morgan fingerprint density at radius 3 is 2.62 bits per heavy atom. The molecule has 5 rings (SSSR count). The molecule has 13 heteroatoms. The Morgan fingerprint density at radius 1 is 1.12 bits per heavy atom. The van der Waals surface area contributed by atoms with Crippen LogP contribution in [0, 0.1) is 18.7 Å². The van der Waals surface area contributed by atoms with Gasteiger partial charge >= 0.3 is 13.2 Å². The molecule has 3 aromatic rings. The van der Waals surface area contributed by atoms with Crippen LogP contribution < -0.4 is 10.1 Å². The van der Waals surface area contributed by atoms with E-state index in [0.29, 0.717) is 35.2 Å². The summed E-state index contributed by atoms with van der Waals surface area (Å²) >= 11 is 0. The van der Waals surface area contributed by atoms with Crippen molar-refractivity contribution in [3.63, 3.8) is 0 Å². The van der Waals surface area contributed by atoms with Gasteiger partial charge in [0.15, 0.2) is 0 Å². The molecule has 2 aliphatic heterocycles. The molecule has 0 fully saturated rings. The number of aryl methyl sites for hydroxylation is 1. The van der Waals surface area contributed by atoms with Crippen LogP contribution in [0.25, 0.3) is 16.8 Å². The second-order valence-corrected chi connectivity index (χ2v) is 10.3. The quantitative estimate of drug-likeness (QED) is 0.343. The standard InChI is InChI=1S/C29H28F5N5O3/c1-15-6-7-22(42-29(33)34)24(25(15)30)17-9-11-38(23(40)13-17)21-5-3-4-16(2)27(41)37-20-14-36-39(28(31)32)26(20)18-8-10-35-19(21)12-18/h6-8,10,12-14,16,21,28-29H,3-5,9,11H2,1-2H3,(H,37,41)/t16-,21+/m1/s1. The van der Waals surface area contributed by atoms with Crippen molar-refractivity contribution in [2.24, 2.45) is 5.92 Å². The molecule has 2 atom stereocenters. The summed E-state index contributed by atoms with van der Waals surface area (Å²) < 4.78 is 74.0. The zero-order valence-corrected chi connectivity index (χ0v) is 22.8. The number of carbonyl (C=O) groups is 2. The second kappa shape index (κ2) is 11.9. The molecule has 0 unspecified atom stereocenters. The minimum atomic E-state index is -3.18. The van der Waals surface area contributed by atoms with E-state index < -0.39 is 36.8 Å². The maximum Gasteiger partial charge on any atom is 0.387 e. The number of halogens is 5. The average molecular weight is 590 g/mol. The number of fused-ring (bicyclic) bond motifs is 4. The summed E-state index contributed by atoms with van der Waals surface area (Å²) in [6, 6.07) is 5.07. The summed E-state index contributed by atoms with van der Waals surface area (Å²) in [6.45, 7) is -2.83. The predicted octanol–water partition coefficient (Wildman–Crippen LogP) is 6.50. The number of carbonyl (C=O) groups excluding carboxylic acids is 2. The lowest BCUT2D eigenvalue weighted by molar-refractivity contribution is -0.129. The lowest BCUT2D eigenvalue weighted by Crippen LogP contribution is -2.38. The number of nitrogens with zero attached hydrogens (tertiary/aromatic N) is 4. The number of amides is 2. The fourth-order valence-electron chi connectivity index (χ4n) is 5.45. The third kappa shape index (κ3) is 5.72. The number of pyridine rings is 1. The van der Waals surface area contributed by atoms with E-state index in [-0.39, 0.29) is 52.7 Å². The van der Waals surface area contributed by atoms with E-state index in [1.54, 1.807) is 17.9 Å². The minimum Gasteiger partial charge on any atom is -0.434 e. The minimum absolute atomic E-state index is 0.00200. The van der Waals surface area contributed by atoms with Crippen molar-refractivity contribution < 1.29 is 36.3 Å². The fourth-order valence-corrected chi connectivity index (χ4v) is 5.45. The monoisotopic (exact) mass is 589 g/mol. The van der Waals surface area contributed by atoms with E-state index in [1.165, 1.54) is 43.6 Å². The molecular formula is C29H28F5N5O3. The van der Waals surface area contributed by atoms with E-state index in [0.717, 1.165) is 0 Å². The Morgan fingerprint density at radius 2 is 1.90 bits per heavy atom. The zero-order chi connectivity index (χ0) is 30.1. The first-order valence-corrected chi connectivity index (χ1v) is 13.4. The summed E-state index contributed by atoms with van der Waals surface area (Å²) in [5, 5.41) is 6.47. The van der Waals surface area contributed by atoms with Crippen LogP contribution in [0.1, 0.15) is 62.0 Å². The fraction of sp³-hybridized carbons (Fsp3) is 0.379. The molecule has 0 spiro atoms. The first-order valence-electron chi connectivity index (χ1n) is 13.4. The van der Waals surface area contributed by atoms with Crippen molar-refractivity contribution in [1.82, 2.24) is 19.7 Å². The highest BCUT2D eigenvalue weighted by Gasteiger charge is 2.32. The van der Waals surface area contributed by atoms with Crippen molar-refractivity contribution >= 4 is 23.1 Å². The number of aromatic nitrogens is 3. The van der Waals surface area contributed by atoms with Crippen LogP contribution in [0.2, 0.25) is 0 Å². The van der Waals surface area contributed by atoms with Gasteiger partial charge in [-0.15, -0.1) is 0 Å². The normalized spacial score (nSPS) is 19.6. The molecule has 0 saturated carbocycles. The summed E-state index contributed by atoms with van der Waals surface area (Å²) in [4.78, 5) is 32.4. The summed E-state index contributed by atoms with van der Waals surface area (Å²) in [6.07, 6.45) is 5.35. The van der Waals surface area contributed by atoms with Gasteiger partial charge in [0.05, 0.1) is 34.9 Å². The van der Waals surface area contributed by atoms with Crippen LogP contribution in [0.5, 0.6) is 5.75 Å². The van der Waals surface area contributed by atoms with Crippen molar-refractivity contribution in [1.29, 1.82) is 0 Å². The number of rotatable bonds is 5. The smallest absolute Gasteiger partial charge is 0.387 e. The molecule has 42 heavy (non-hydrogen) atoms. The maximum atomic E-state index is 15.1. The highest BCUT2D eigenvalue weighted by Crippen LogP contribution is 2.39. The van der Waals surface area contributed by atoms with E-state index in [4.69, 9.17) is 0 Å². The number of alkyl halides is 4. The number of anilines is 1. The Labute approximate surface area is 238 Å². The lowest BCUT2D eigenvalue weighted by atomic mass is 9.92. The SMILES string of the molecule is Cc1ccc(OC(F)F)c(C2=CC(=O)N([C@H]3CCC[C@@H](C)C(=O)Nc4cnn(C(F)F)c4-c4ccnc3c4)CC2)c1F. The first kappa shape index (κ1) is 29.2. The Hall–Kier alpha value is -4.29. The van der Waals surface area contributed by atoms with Gasteiger partial charge in [-0.2, -0.15) is 22.7 Å². The van der Waals surface area contributed by atoms with Crippen LogP contribution in [0.15, 0.2) is 42.7 Å². The number of benzene rings is 1. The molecule has 222 valence electrons. The van der Waals surface area contributed by atoms with Gasteiger partial charge in [0.25, 0.3) is 0 Å². The van der Waals surface area contributed by atoms with Crippen LogP contribution in [-0.2, 0) is 9.59 Å². The number of hydrogen-bond donors (Lipinski definition) is 1. The number of hydrogen-bond acceptors (Lipinski definition) is 5. The molecule has 0 aliphatic carbocycles. The molecule has 1 aromatic carbocycles. The van der Waals surface area contributed by atoms with Crippen LogP contribution >= 0.6 is 0 Å². The highest BCUT2D eigenvalue weighted by atomic mass is 19.3. The van der Waals surface area contributed by atoms with Gasteiger partial charge in [-0.1, -0.05) is 19.4 Å². The Balaban J connectivity index is 1.54. The zero-order valence-electron chi connectivity index (χ0n) is 22.8. The van der Waals surface area contributed by atoms with E-state index in [9.17, 15) is 27.2 Å². The third-order valence-electron chi connectivity index (χ3n) is 7.61. The Bertz CT molecular complexity index is 1540. The summed E-state index contributed by atoms with van der Waals surface area (Å²) in [7, 11) is 0. The number of ether oxygens (including phenoxy) is 1. The predicted molar refractivity (Wildman–Crippen MR) is 143 cm³/mol. The van der Waals surface area contributed by atoms with Gasteiger partial charge in [0.2, 0.25) is 11.8 Å². The van der Waals surface area contributed by atoms with Gasteiger partial charge in [-0.25, -0.2) is 9.07 Å². The molecule has 2 bridgehead atoms. The molecule has 4 heterocycles. The lowest BCUT2D eigenvalue weighted by Gasteiger charge is -2.35. The summed E-state index contributed by atoms with van der Waals surface area (Å²) in [5.74, 6) is -2.41. The van der Waals surface area contributed by atoms with E-state index in [2.05, 4.69) is 20.1 Å². The maximum absolute atomic E-state index is 15.1. The molecule has 2 amide bonds. The van der Waals surface area contributed by atoms with E-state index in [1.807, 2.05) is 0 Å². The molecule has 1 N–H and O–H groups in total. The molecule has 0 radical (unpaired) electrons. The van der Waals surface area contributed by atoms with Crippen LogP contribution in [0.4, 0.5) is 27.6 Å². The van der Waals surface area contributed by atoms with Crippen molar-refractivity contribution in [3.05, 3.63) is 65.4 Å². The third-order valence-corrected chi connectivity index (χ3v) is 7.61. The molecule has 8 nitrogen and oxygen atoms in total. The largest absolute Gasteiger partial charge is 0.434 e. The van der Waals surface area contributed by atoms with Gasteiger partial charge in [-0.05, 0) is 55.5 Å². The topological polar surface area (TPSA) is 89.4 Å². The van der Waals surface area contributed by atoms with Gasteiger partial charge in [0.1, 0.15) is 11.6 Å². The Kier molecular flexibility index (Phi) is 8.28. The van der Waals surface area contributed by atoms with Crippen molar-refractivity contribution in [3.8, 4) is 17.0 Å². The highest BCUT2D eigenvalue weighted by molar-refractivity contribution is 5.98. The van der Waals surface area contributed by atoms with Gasteiger partial charge in [-0.3, -0.25) is 14.6 Å². The first-order chi connectivity index (χ1) is 20.0. The summed E-state index contributed by atoms with van der Waals surface area (Å²) in [5.41, 5.74) is 1.14. The van der Waals surface area contributed by atoms with Crippen LogP contribution in [-0.4, -0.2) is 44.6 Å². The van der Waals surface area contributed by atoms with Gasteiger partial charge < -0.3 is 15.0 Å². The van der Waals surface area contributed by atoms with Crippen molar-refractivity contribution in [2.45, 2.75) is 58.7 Å².